The molecule has 6 heteroatoms. The van der Waals surface area contributed by atoms with Crippen LogP contribution >= 0.6 is 22.7 Å². The van der Waals surface area contributed by atoms with Gasteiger partial charge in [-0.2, -0.15) is 9.13 Å². The lowest BCUT2D eigenvalue weighted by Gasteiger charge is -1.95. The Labute approximate surface area is 126 Å². The zero-order valence-corrected chi connectivity index (χ0v) is 13.7. The van der Waals surface area contributed by atoms with E-state index in [9.17, 15) is 9.59 Å². The van der Waals surface area contributed by atoms with Gasteiger partial charge in [-0.05, 0) is 0 Å². The van der Waals surface area contributed by atoms with Gasteiger partial charge in [0.2, 0.25) is 24.1 Å². The highest BCUT2D eigenvalue weighted by Gasteiger charge is 2.22. The summed E-state index contributed by atoms with van der Waals surface area (Å²) in [4.78, 5) is 24.5. The molecule has 0 radical (unpaired) electrons. The van der Waals surface area contributed by atoms with Crippen LogP contribution in [0.4, 0.5) is 0 Å². The van der Waals surface area contributed by atoms with Crippen molar-refractivity contribution in [3.05, 3.63) is 32.2 Å². The van der Waals surface area contributed by atoms with Gasteiger partial charge in [-0.25, -0.2) is 0 Å². The Morgan fingerprint density at radius 2 is 1.25 bits per heavy atom. The Hall–Kier alpha value is -1.40. The molecule has 20 heavy (non-hydrogen) atoms. The fourth-order valence-corrected chi connectivity index (χ4v) is 4.05. The van der Waals surface area contributed by atoms with Crippen LogP contribution in [0.3, 0.4) is 0 Å². The molecule has 0 saturated heterocycles. The number of nitrogens with zero attached hydrogens (tertiary/aromatic N) is 2. The van der Waals surface area contributed by atoms with Crippen molar-refractivity contribution in [1.29, 1.82) is 0 Å². The number of hydrogen-bond donors (Lipinski definition) is 0. The Morgan fingerprint density at radius 3 is 1.50 bits per heavy atom. The predicted molar refractivity (Wildman–Crippen MR) is 78.5 cm³/mol. The Kier molecular flexibility index (Phi) is 4.45. The highest BCUT2D eigenvalue weighted by Crippen LogP contribution is 2.12. The summed E-state index contributed by atoms with van der Waals surface area (Å²) in [6.07, 6.45) is 0. The first kappa shape index (κ1) is 15.0. The zero-order valence-electron chi connectivity index (χ0n) is 12.1. The van der Waals surface area contributed by atoms with Gasteiger partial charge < -0.3 is 0 Å². The maximum Gasteiger partial charge on any atom is 0.225 e. The molecule has 2 rings (SSSR count). The van der Waals surface area contributed by atoms with Crippen LogP contribution in [-0.2, 0) is 13.1 Å². The molecule has 0 aliphatic heterocycles. The first-order chi connectivity index (χ1) is 9.41. The molecule has 0 amide bonds. The monoisotopic (exact) mass is 310 g/mol. The molecule has 0 atom stereocenters. The van der Waals surface area contributed by atoms with Crippen LogP contribution in [0, 0.1) is 13.8 Å². The fraction of sp³-hybridized carbons (Fsp3) is 0.429. The van der Waals surface area contributed by atoms with Gasteiger partial charge in [0.25, 0.3) is 0 Å². The van der Waals surface area contributed by atoms with Gasteiger partial charge in [-0.3, -0.25) is 9.59 Å². The molecular formula is C14H18N2O2S2+2. The predicted octanol–water partition coefficient (Wildman–Crippen LogP) is 2.11. The number of carbonyl (C=O) groups excluding carboxylic acids is 2. The van der Waals surface area contributed by atoms with Crippen LogP contribution < -0.4 is 9.13 Å². The summed E-state index contributed by atoms with van der Waals surface area (Å²) >= 11 is 2.97. The minimum absolute atomic E-state index is 0.115. The molecule has 0 saturated carbocycles. The quantitative estimate of drug-likeness (QED) is 0.627. The summed E-state index contributed by atoms with van der Waals surface area (Å²) in [6.45, 7) is 8.74. The van der Waals surface area contributed by atoms with Crippen molar-refractivity contribution >= 4 is 34.2 Å². The molecule has 0 aliphatic rings. The van der Waals surface area contributed by atoms with Crippen LogP contribution in [-0.4, -0.2) is 11.6 Å². The second-order valence-corrected chi connectivity index (χ2v) is 6.48. The normalized spacial score (nSPS) is 10.8. The second kappa shape index (κ2) is 5.93. The molecule has 0 unspecified atom stereocenters. The molecule has 0 spiro atoms. The first-order valence-electron chi connectivity index (χ1n) is 6.38. The smallest absolute Gasteiger partial charge is 0.225 e. The van der Waals surface area contributed by atoms with E-state index in [-0.39, 0.29) is 11.6 Å². The molecule has 0 bridgehead atoms. The van der Waals surface area contributed by atoms with E-state index < -0.39 is 0 Å². The molecule has 0 aliphatic carbocycles. The number of ketones is 2. The van der Waals surface area contributed by atoms with Gasteiger partial charge in [0.05, 0.1) is 0 Å². The van der Waals surface area contributed by atoms with Crippen molar-refractivity contribution in [2.24, 2.45) is 0 Å². The van der Waals surface area contributed by atoms with Crippen LogP contribution in [0.1, 0.15) is 44.6 Å². The molecule has 106 valence electrons. The van der Waals surface area contributed by atoms with E-state index in [1.54, 1.807) is 13.8 Å². The van der Waals surface area contributed by atoms with Crippen molar-refractivity contribution in [3.63, 3.8) is 0 Å². The molecule has 4 nitrogen and oxygen atoms in total. The number of Topliss-reactive ketones (excluding diaryl/α,β-unsaturated/α-hetero) is 2. The fourth-order valence-electron chi connectivity index (χ4n) is 2.15. The van der Waals surface area contributed by atoms with Crippen LogP contribution in [0.15, 0.2) is 11.0 Å². The van der Waals surface area contributed by atoms with Gasteiger partial charge >= 0.3 is 0 Å². The van der Waals surface area contributed by atoms with Crippen molar-refractivity contribution in [2.75, 3.05) is 0 Å². The highest BCUT2D eigenvalue weighted by molar-refractivity contribution is 7.11. The zero-order chi connectivity index (χ0) is 14.9. The van der Waals surface area contributed by atoms with E-state index in [0.717, 1.165) is 34.2 Å². The molecule has 2 aromatic heterocycles. The van der Waals surface area contributed by atoms with Crippen LogP contribution in [0.5, 0.6) is 0 Å². The number of hydrogen-bond acceptors (Lipinski definition) is 4. The summed E-state index contributed by atoms with van der Waals surface area (Å²) in [5.41, 5.74) is 6.01. The number of aryl methyl sites for hydroxylation is 2. The van der Waals surface area contributed by atoms with Gasteiger partial charge in [0, 0.05) is 27.7 Å². The van der Waals surface area contributed by atoms with Crippen molar-refractivity contribution in [3.8, 4) is 0 Å². The van der Waals surface area contributed by atoms with E-state index in [1.165, 1.54) is 22.7 Å². The average Bonchev–Trinajstić information content (AvgIpc) is 2.91. The molecule has 0 N–H and O–H groups in total. The Balaban J connectivity index is 2.13. The number of rotatable bonds is 5. The van der Waals surface area contributed by atoms with Crippen molar-refractivity contribution < 1.29 is 18.7 Å². The van der Waals surface area contributed by atoms with E-state index >= 15 is 0 Å². The Bertz CT molecular complexity index is 613. The number of aromatic nitrogens is 2. The third-order valence-corrected chi connectivity index (χ3v) is 5.69. The van der Waals surface area contributed by atoms with Crippen molar-refractivity contribution in [2.45, 2.75) is 40.8 Å². The van der Waals surface area contributed by atoms with E-state index in [4.69, 9.17) is 0 Å². The lowest BCUT2D eigenvalue weighted by atomic mass is 10.3. The largest absolute Gasteiger partial charge is 0.293 e. The lowest BCUT2D eigenvalue weighted by Crippen LogP contribution is -2.45. The minimum atomic E-state index is 0.115. The third kappa shape index (κ3) is 2.86. The number of carbonyl (C=O) groups is 2. The first-order valence-corrected chi connectivity index (χ1v) is 8.14. The van der Waals surface area contributed by atoms with Gasteiger partial charge in [0.15, 0.2) is 23.0 Å². The summed E-state index contributed by atoms with van der Waals surface area (Å²) in [5, 5.41) is 0. The molecule has 2 heterocycles. The molecule has 0 fully saturated rings. The van der Waals surface area contributed by atoms with Crippen molar-refractivity contribution in [1.82, 2.24) is 0 Å². The molecule has 0 aromatic carbocycles. The van der Waals surface area contributed by atoms with Crippen LogP contribution in [0.2, 0.25) is 0 Å². The third-order valence-electron chi connectivity index (χ3n) is 3.34. The van der Waals surface area contributed by atoms with E-state index in [1.807, 2.05) is 24.9 Å². The highest BCUT2D eigenvalue weighted by atomic mass is 32.1. The minimum Gasteiger partial charge on any atom is -0.293 e. The van der Waals surface area contributed by atoms with E-state index in [0.29, 0.717) is 0 Å². The lowest BCUT2D eigenvalue weighted by molar-refractivity contribution is -0.779. The van der Waals surface area contributed by atoms with E-state index in [2.05, 4.69) is 9.13 Å². The summed E-state index contributed by atoms with van der Waals surface area (Å²) in [7, 11) is 0. The molecule has 2 aromatic rings. The summed E-state index contributed by atoms with van der Waals surface area (Å²) < 4.78 is 4.19. The molecular weight excluding hydrogens is 292 g/mol. The van der Waals surface area contributed by atoms with Gasteiger partial charge in [-0.15, -0.1) is 0 Å². The number of thiazole rings is 2. The second-order valence-electron chi connectivity index (χ2n) is 4.77. The maximum absolute atomic E-state index is 11.4. The maximum atomic E-state index is 11.4. The average molecular weight is 310 g/mol. The van der Waals surface area contributed by atoms with Crippen LogP contribution in [0.25, 0.3) is 0 Å². The standard InChI is InChI=1S/C14H18N2O2S2/c1-9-13(11(3)17)19-7-15(9)5-6-16-8-20-14(10(16)2)12(4)18/h7-8H,5-6H2,1-4H3/q+2. The van der Waals surface area contributed by atoms with Gasteiger partial charge in [0.1, 0.15) is 9.75 Å². The summed E-state index contributed by atoms with van der Waals surface area (Å²) in [5.74, 6) is 0.231. The summed E-state index contributed by atoms with van der Waals surface area (Å²) in [6, 6.07) is 0. The van der Waals surface area contributed by atoms with Gasteiger partial charge in [-0.1, -0.05) is 22.7 Å². The Morgan fingerprint density at radius 1 is 0.900 bits per heavy atom. The topological polar surface area (TPSA) is 41.9 Å². The SMILES string of the molecule is CC(=O)c1sc[n+](CC[n+]2csc(C(C)=O)c2C)c1C.